The molecule has 5 nitrogen and oxygen atoms in total. The predicted molar refractivity (Wildman–Crippen MR) is 89.9 cm³/mol. The van der Waals surface area contributed by atoms with E-state index in [1.165, 1.54) is 0 Å². The molecule has 0 radical (unpaired) electrons. The molecule has 0 bridgehead atoms. The summed E-state index contributed by atoms with van der Waals surface area (Å²) in [5.74, 6) is -1.67. The van der Waals surface area contributed by atoms with Gasteiger partial charge in [0.1, 0.15) is 0 Å². The van der Waals surface area contributed by atoms with Gasteiger partial charge in [0.05, 0.1) is 19.3 Å². The molecule has 0 saturated heterocycles. The topological polar surface area (TPSA) is 72.8 Å². The maximum absolute atomic E-state index is 12.5. The summed E-state index contributed by atoms with van der Waals surface area (Å²) in [6.45, 7) is 7.77. The van der Waals surface area contributed by atoms with Crippen LogP contribution in [0.4, 0.5) is 0 Å². The lowest BCUT2D eigenvalue weighted by atomic mass is 9.83. The molecule has 2 atom stereocenters. The minimum atomic E-state index is -1.46. The Morgan fingerprint density at radius 3 is 2.17 bits per heavy atom. The fourth-order valence-corrected chi connectivity index (χ4v) is 3.27. The summed E-state index contributed by atoms with van der Waals surface area (Å²) in [7, 11) is 0. The largest absolute Gasteiger partial charge is 0.465 e. The monoisotopic (exact) mass is 332 g/mol. The molecule has 2 rings (SSSR count). The first kappa shape index (κ1) is 18.2. The number of rotatable bonds is 6. The van der Waals surface area contributed by atoms with E-state index >= 15 is 0 Å². The first-order valence-corrected chi connectivity index (χ1v) is 8.23. The van der Waals surface area contributed by atoms with Gasteiger partial charge >= 0.3 is 11.9 Å². The molecule has 1 N–H and O–H groups in total. The van der Waals surface area contributed by atoms with E-state index in [2.05, 4.69) is 6.58 Å². The number of ether oxygens (including phenoxy) is 2. The van der Waals surface area contributed by atoms with Gasteiger partial charge in [0.25, 0.3) is 0 Å². The number of benzene rings is 1. The van der Waals surface area contributed by atoms with Gasteiger partial charge < -0.3 is 14.6 Å². The second-order valence-corrected chi connectivity index (χ2v) is 6.00. The first-order valence-electron chi connectivity index (χ1n) is 8.23. The highest BCUT2D eigenvalue weighted by atomic mass is 16.6. The fourth-order valence-electron chi connectivity index (χ4n) is 3.27. The lowest BCUT2D eigenvalue weighted by molar-refractivity contribution is -0.172. The van der Waals surface area contributed by atoms with E-state index in [0.717, 1.165) is 5.56 Å². The van der Waals surface area contributed by atoms with Crippen LogP contribution in [-0.4, -0.2) is 36.4 Å². The molecule has 0 aromatic heterocycles. The average molecular weight is 332 g/mol. The lowest BCUT2D eigenvalue weighted by Crippen LogP contribution is -2.40. The van der Waals surface area contributed by atoms with E-state index < -0.39 is 29.4 Å². The molecule has 1 aromatic rings. The van der Waals surface area contributed by atoms with Gasteiger partial charge in [-0.1, -0.05) is 36.9 Å². The zero-order chi connectivity index (χ0) is 17.7. The fraction of sp³-hybridized carbons (Fsp3) is 0.474. The molecule has 0 aliphatic heterocycles. The predicted octanol–water partition coefficient (Wildman–Crippen LogP) is 2.58. The summed E-state index contributed by atoms with van der Waals surface area (Å²) < 4.78 is 10.2. The normalized spacial score (nSPS) is 22.0. The zero-order valence-corrected chi connectivity index (χ0v) is 14.2. The van der Waals surface area contributed by atoms with Crippen molar-refractivity contribution in [2.75, 3.05) is 13.2 Å². The second-order valence-electron chi connectivity index (χ2n) is 6.00. The minimum absolute atomic E-state index is 0.0127. The molecule has 24 heavy (non-hydrogen) atoms. The number of esters is 2. The Labute approximate surface area is 142 Å². The summed E-state index contributed by atoms with van der Waals surface area (Å²) >= 11 is 0. The van der Waals surface area contributed by atoms with Gasteiger partial charge in [0, 0.05) is 12.3 Å². The number of carbonyl (C=O) groups is 2. The van der Waals surface area contributed by atoms with Crippen LogP contribution in [0.3, 0.4) is 0 Å². The van der Waals surface area contributed by atoms with E-state index in [9.17, 15) is 14.7 Å². The maximum atomic E-state index is 12.5. The molecule has 0 unspecified atom stereocenters. The quantitative estimate of drug-likeness (QED) is 0.640. The summed E-state index contributed by atoms with van der Waals surface area (Å²) in [5, 5.41) is 10.5. The molecule has 1 fully saturated rings. The van der Waals surface area contributed by atoms with Gasteiger partial charge in [-0.15, -0.1) is 0 Å². The smallest absolute Gasteiger partial charge is 0.323 e. The standard InChI is InChI=1S/C19H24O5/c1-4-23-17(21)19(18(22)24-5-2)11-15(16(20)12-19)13(3)14-9-7-6-8-10-14/h6-10,15-16,20H,3-5,11-12H2,1-2H3/t15-,16-/m0/s1. The van der Waals surface area contributed by atoms with Gasteiger partial charge in [0.15, 0.2) is 5.41 Å². The molecular weight excluding hydrogens is 308 g/mol. The Morgan fingerprint density at radius 1 is 1.12 bits per heavy atom. The molecule has 1 aromatic carbocycles. The average Bonchev–Trinajstić information content (AvgIpc) is 2.94. The summed E-state index contributed by atoms with van der Waals surface area (Å²) in [4.78, 5) is 24.9. The van der Waals surface area contributed by atoms with Gasteiger partial charge in [-0.3, -0.25) is 9.59 Å². The van der Waals surface area contributed by atoms with Crippen LogP contribution in [0.15, 0.2) is 36.9 Å². The summed E-state index contributed by atoms with van der Waals surface area (Å²) in [5.41, 5.74) is 0.122. The van der Waals surface area contributed by atoms with Crippen LogP contribution in [0.2, 0.25) is 0 Å². The van der Waals surface area contributed by atoms with Crippen LogP contribution in [0.5, 0.6) is 0 Å². The molecule has 0 heterocycles. The van der Waals surface area contributed by atoms with Crippen molar-refractivity contribution in [3.05, 3.63) is 42.5 Å². The Balaban J connectivity index is 2.30. The van der Waals surface area contributed by atoms with Gasteiger partial charge in [-0.2, -0.15) is 0 Å². The summed E-state index contributed by atoms with van der Waals surface area (Å²) in [6.07, 6.45) is -0.729. The molecule has 0 amide bonds. The molecule has 1 aliphatic rings. The Kier molecular flexibility index (Phi) is 5.78. The number of carbonyl (C=O) groups excluding carboxylic acids is 2. The third kappa shape index (κ3) is 3.36. The van der Waals surface area contributed by atoms with E-state index in [4.69, 9.17) is 9.47 Å². The highest BCUT2D eigenvalue weighted by Gasteiger charge is 2.57. The van der Waals surface area contributed by atoms with E-state index in [0.29, 0.717) is 5.57 Å². The van der Waals surface area contributed by atoms with Crippen LogP contribution in [0.25, 0.3) is 5.57 Å². The zero-order valence-electron chi connectivity index (χ0n) is 14.2. The first-order chi connectivity index (χ1) is 11.5. The van der Waals surface area contributed by atoms with Crippen molar-refractivity contribution in [1.82, 2.24) is 0 Å². The Morgan fingerprint density at radius 2 is 1.67 bits per heavy atom. The number of aliphatic hydroxyl groups excluding tert-OH is 1. The Bertz CT molecular complexity index is 589. The second kappa shape index (κ2) is 7.62. The third-order valence-corrected chi connectivity index (χ3v) is 4.51. The van der Waals surface area contributed by atoms with Gasteiger partial charge in [-0.25, -0.2) is 0 Å². The highest BCUT2D eigenvalue weighted by Crippen LogP contribution is 2.48. The van der Waals surface area contributed by atoms with Crippen molar-refractivity contribution in [2.24, 2.45) is 11.3 Å². The molecule has 5 heteroatoms. The molecule has 1 saturated carbocycles. The van der Waals surface area contributed by atoms with Crippen molar-refractivity contribution in [3.63, 3.8) is 0 Å². The van der Waals surface area contributed by atoms with E-state index in [1.807, 2.05) is 30.3 Å². The number of aliphatic hydroxyl groups is 1. The number of hydrogen-bond acceptors (Lipinski definition) is 5. The van der Waals surface area contributed by atoms with Crippen LogP contribution >= 0.6 is 0 Å². The molecular formula is C19H24O5. The van der Waals surface area contributed by atoms with E-state index in [-0.39, 0.29) is 26.1 Å². The molecule has 0 spiro atoms. The lowest BCUT2D eigenvalue weighted by Gasteiger charge is -2.24. The highest BCUT2D eigenvalue weighted by molar-refractivity contribution is 6.01. The van der Waals surface area contributed by atoms with Crippen LogP contribution in [0.1, 0.15) is 32.3 Å². The minimum Gasteiger partial charge on any atom is -0.465 e. The molecule has 130 valence electrons. The summed E-state index contributed by atoms with van der Waals surface area (Å²) in [6, 6.07) is 9.44. The van der Waals surface area contributed by atoms with Crippen molar-refractivity contribution in [3.8, 4) is 0 Å². The van der Waals surface area contributed by atoms with Crippen molar-refractivity contribution < 1.29 is 24.2 Å². The van der Waals surface area contributed by atoms with Crippen LogP contribution in [-0.2, 0) is 19.1 Å². The van der Waals surface area contributed by atoms with Crippen LogP contribution < -0.4 is 0 Å². The van der Waals surface area contributed by atoms with Gasteiger partial charge in [0.2, 0.25) is 0 Å². The Hall–Kier alpha value is -2.14. The van der Waals surface area contributed by atoms with Crippen molar-refractivity contribution in [2.45, 2.75) is 32.8 Å². The maximum Gasteiger partial charge on any atom is 0.323 e. The van der Waals surface area contributed by atoms with E-state index in [1.54, 1.807) is 13.8 Å². The van der Waals surface area contributed by atoms with Crippen molar-refractivity contribution >= 4 is 17.5 Å². The van der Waals surface area contributed by atoms with Gasteiger partial charge in [-0.05, 0) is 31.4 Å². The van der Waals surface area contributed by atoms with Crippen LogP contribution in [0, 0.1) is 11.3 Å². The SMILES string of the molecule is C=C(c1ccccc1)[C@@H]1CC(C(=O)OCC)(C(=O)OCC)C[C@@H]1O. The van der Waals surface area contributed by atoms with Crippen molar-refractivity contribution in [1.29, 1.82) is 0 Å². The number of hydrogen-bond donors (Lipinski definition) is 1. The molecule has 1 aliphatic carbocycles. The third-order valence-electron chi connectivity index (χ3n) is 4.51.